The van der Waals surface area contributed by atoms with E-state index in [1.54, 1.807) is 0 Å². The lowest BCUT2D eigenvalue weighted by Crippen LogP contribution is -2.44. The van der Waals surface area contributed by atoms with Crippen molar-refractivity contribution < 1.29 is 14.7 Å². The molecule has 19 heavy (non-hydrogen) atoms. The summed E-state index contributed by atoms with van der Waals surface area (Å²) in [7, 11) is 0. The smallest absolute Gasteiger partial charge is 0.303 e. The van der Waals surface area contributed by atoms with Crippen LogP contribution in [-0.4, -0.2) is 48.1 Å². The minimum absolute atomic E-state index is 0.0772. The molecule has 0 aromatic rings. The van der Waals surface area contributed by atoms with E-state index < -0.39 is 5.97 Å². The zero-order chi connectivity index (χ0) is 14.3. The van der Waals surface area contributed by atoms with Crippen molar-refractivity contribution >= 4 is 11.9 Å². The second kappa shape index (κ2) is 8.15. The van der Waals surface area contributed by atoms with E-state index in [-0.39, 0.29) is 18.2 Å². The number of hydrogen-bond donors (Lipinski definition) is 2. The fourth-order valence-electron chi connectivity index (χ4n) is 2.66. The fourth-order valence-corrected chi connectivity index (χ4v) is 2.66. The number of amides is 1. The zero-order valence-corrected chi connectivity index (χ0v) is 12.0. The van der Waals surface area contributed by atoms with Crippen molar-refractivity contribution in [3.63, 3.8) is 0 Å². The first-order valence-corrected chi connectivity index (χ1v) is 7.23. The third kappa shape index (κ3) is 6.05. The highest BCUT2D eigenvalue weighted by atomic mass is 16.4. The lowest BCUT2D eigenvalue weighted by molar-refractivity contribution is -0.138. The average Bonchev–Trinajstić information content (AvgIpc) is 2.36. The summed E-state index contributed by atoms with van der Waals surface area (Å²) in [5, 5.41) is 11.7. The van der Waals surface area contributed by atoms with Gasteiger partial charge in [0.2, 0.25) is 5.91 Å². The quantitative estimate of drug-likeness (QED) is 0.732. The Balaban J connectivity index is 2.37. The van der Waals surface area contributed by atoms with Crippen molar-refractivity contribution in [1.82, 2.24) is 10.2 Å². The van der Waals surface area contributed by atoms with Gasteiger partial charge in [0.25, 0.3) is 0 Å². The van der Waals surface area contributed by atoms with Crippen LogP contribution in [0, 0.1) is 11.8 Å². The molecule has 0 aromatic heterocycles. The molecular weight excluding hydrogens is 244 g/mol. The third-order valence-corrected chi connectivity index (χ3v) is 3.78. The summed E-state index contributed by atoms with van der Waals surface area (Å²) in [4.78, 5) is 24.6. The van der Waals surface area contributed by atoms with Gasteiger partial charge >= 0.3 is 5.97 Å². The Hall–Kier alpha value is -1.10. The van der Waals surface area contributed by atoms with Gasteiger partial charge in [-0.1, -0.05) is 13.8 Å². The van der Waals surface area contributed by atoms with Crippen molar-refractivity contribution in [2.75, 3.05) is 26.2 Å². The number of carboxylic acid groups (broad SMARTS) is 1. The maximum absolute atomic E-state index is 11.7. The molecule has 2 unspecified atom stereocenters. The molecule has 0 aromatic carbocycles. The standard InChI is InChI=1S/C14H26N2O3/c1-3-6-15-13(17)10-16-7-4-5-12(9-16)11(2)8-14(18)19/h11-12H,3-10H2,1-2H3,(H,15,17)(H,18,19). The van der Waals surface area contributed by atoms with Gasteiger partial charge in [-0.2, -0.15) is 0 Å². The SMILES string of the molecule is CCCNC(=O)CN1CCCC(C(C)CC(=O)O)C1. The summed E-state index contributed by atoms with van der Waals surface area (Å²) in [5.74, 6) is -0.0819. The van der Waals surface area contributed by atoms with Crippen LogP contribution in [-0.2, 0) is 9.59 Å². The number of nitrogens with one attached hydrogen (secondary N) is 1. The van der Waals surface area contributed by atoms with E-state index in [9.17, 15) is 9.59 Å². The molecule has 2 atom stereocenters. The predicted octanol–water partition coefficient (Wildman–Crippen LogP) is 1.34. The van der Waals surface area contributed by atoms with Crippen LogP contribution >= 0.6 is 0 Å². The molecule has 1 aliphatic heterocycles. The molecule has 0 bridgehead atoms. The second-order valence-corrected chi connectivity index (χ2v) is 5.56. The summed E-state index contributed by atoms with van der Waals surface area (Å²) in [6.45, 7) is 6.98. The van der Waals surface area contributed by atoms with Crippen LogP contribution in [0.3, 0.4) is 0 Å². The fraction of sp³-hybridized carbons (Fsp3) is 0.857. The van der Waals surface area contributed by atoms with Crippen molar-refractivity contribution in [3.05, 3.63) is 0 Å². The summed E-state index contributed by atoms with van der Waals surface area (Å²) < 4.78 is 0. The van der Waals surface area contributed by atoms with Crippen molar-refractivity contribution in [3.8, 4) is 0 Å². The lowest BCUT2D eigenvalue weighted by Gasteiger charge is -2.35. The molecule has 1 amide bonds. The molecular formula is C14H26N2O3. The van der Waals surface area contributed by atoms with Crippen LogP contribution < -0.4 is 5.32 Å². The molecule has 1 heterocycles. The first-order valence-electron chi connectivity index (χ1n) is 7.23. The van der Waals surface area contributed by atoms with Gasteiger partial charge in [0.15, 0.2) is 0 Å². The maximum Gasteiger partial charge on any atom is 0.303 e. The van der Waals surface area contributed by atoms with E-state index in [1.165, 1.54) is 0 Å². The van der Waals surface area contributed by atoms with Gasteiger partial charge in [0, 0.05) is 19.5 Å². The summed E-state index contributed by atoms with van der Waals surface area (Å²) in [6, 6.07) is 0. The minimum atomic E-state index is -0.731. The second-order valence-electron chi connectivity index (χ2n) is 5.56. The highest BCUT2D eigenvalue weighted by molar-refractivity contribution is 5.77. The minimum Gasteiger partial charge on any atom is -0.481 e. The van der Waals surface area contributed by atoms with Crippen LogP contribution in [0.2, 0.25) is 0 Å². The molecule has 5 nitrogen and oxygen atoms in total. The topological polar surface area (TPSA) is 69.6 Å². The van der Waals surface area contributed by atoms with E-state index in [4.69, 9.17) is 5.11 Å². The molecule has 0 aliphatic carbocycles. The van der Waals surface area contributed by atoms with Crippen molar-refractivity contribution in [1.29, 1.82) is 0 Å². The van der Waals surface area contributed by atoms with Crippen LogP contribution in [0.5, 0.6) is 0 Å². The number of likely N-dealkylation sites (tertiary alicyclic amines) is 1. The van der Waals surface area contributed by atoms with Gasteiger partial charge < -0.3 is 10.4 Å². The van der Waals surface area contributed by atoms with Crippen LogP contribution in [0.15, 0.2) is 0 Å². The highest BCUT2D eigenvalue weighted by Gasteiger charge is 2.26. The lowest BCUT2D eigenvalue weighted by atomic mass is 9.84. The van der Waals surface area contributed by atoms with Gasteiger partial charge in [-0.15, -0.1) is 0 Å². The van der Waals surface area contributed by atoms with Crippen LogP contribution in [0.1, 0.15) is 39.5 Å². The Morgan fingerprint density at radius 1 is 1.47 bits per heavy atom. The first-order chi connectivity index (χ1) is 9.02. The Kier molecular flexibility index (Phi) is 6.84. The van der Waals surface area contributed by atoms with E-state index >= 15 is 0 Å². The van der Waals surface area contributed by atoms with Gasteiger partial charge in [0.05, 0.1) is 6.54 Å². The van der Waals surface area contributed by atoms with Crippen molar-refractivity contribution in [2.24, 2.45) is 11.8 Å². The Morgan fingerprint density at radius 2 is 2.21 bits per heavy atom. The van der Waals surface area contributed by atoms with E-state index in [1.807, 2.05) is 13.8 Å². The summed E-state index contributed by atoms with van der Waals surface area (Å²) in [5.41, 5.74) is 0. The Labute approximate surface area is 115 Å². The monoisotopic (exact) mass is 270 g/mol. The number of carbonyl (C=O) groups is 2. The number of nitrogens with zero attached hydrogens (tertiary/aromatic N) is 1. The van der Waals surface area contributed by atoms with Gasteiger partial charge in [-0.25, -0.2) is 0 Å². The van der Waals surface area contributed by atoms with Crippen molar-refractivity contribution in [2.45, 2.75) is 39.5 Å². The van der Waals surface area contributed by atoms with E-state index in [0.29, 0.717) is 12.5 Å². The first kappa shape index (κ1) is 16.0. The number of hydrogen-bond acceptors (Lipinski definition) is 3. The molecule has 0 saturated carbocycles. The van der Waals surface area contributed by atoms with E-state index in [2.05, 4.69) is 10.2 Å². The Bertz CT molecular complexity index is 307. The predicted molar refractivity (Wildman–Crippen MR) is 73.9 cm³/mol. The number of piperidine rings is 1. The molecule has 1 fully saturated rings. The number of aliphatic carboxylic acids is 1. The molecule has 2 N–H and O–H groups in total. The molecule has 110 valence electrons. The third-order valence-electron chi connectivity index (χ3n) is 3.78. The highest BCUT2D eigenvalue weighted by Crippen LogP contribution is 2.25. The summed E-state index contributed by atoms with van der Waals surface area (Å²) in [6.07, 6.45) is 3.29. The summed E-state index contributed by atoms with van der Waals surface area (Å²) >= 11 is 0. The van der Waals surface area contributed by atoms with Gasteiger partial charge in [0.1, 0.15) is 0 Å². The Morgan fingerprint density at radius 3 is 2.84 bits per heavy atom. The molecule has 0 spiro atoms. The molecule has 5 heteroatoms. The largest absolute Gasteiger partial charge is 0.481 e. The molecule has 0 radical (unpaired) electrons. The molecule has 1 saturated heterocycles. The number of rotatable bonds is 7. The van der Waals surface area contributed by atoms with E-state index in [0.717, 1.165) is 38.9 Å². The average molecular weight is 270 g/mol. The molecule has 1 rings (SSSR count). The molecule has 1 aliphatic rings. The van der Waals surface area contributed by atoms with Gasteiger partial charge in [-0.05, 0) is 37.6 Å². The zero-order valence-electron chi connectivity index (χ0n) is 12.0. The maximum atomic E-state index is 11.7. The van der Waals surface area contributed by atoms with Crippen LogP contribution in [0.4, 0.5) is 0 Å². The number of carbonyl (C=O) groups excluding carboxylic acids is 1. The normalized spacial score (nSPS) is 21.9. The number of carboxylic acids is 1. The van der Waals surface area contributed by atoms with Gasteiger partial charge in [-0.3, -0.25) is 14.5 Å². The van der Waals surface area contributed by atoms with Crippen LogP contribution in [0.25, 0.3) is 0 Å².